The average Bonchev–Trinajstić information content (AvgIpc) is 3.53. The SMILES string of the molecule is Cc1cc(C)cc([C@]23C=CCCC24C[C@@]2(C)C[C@@]2(OC(=O)c2ccc([N+](=O)[O-])cc2)[C@@H]43)c1. The number of rotatable bonds is 4. The molecule has 0 saturated heterocycles. The number of non-ortho nitro benzene ring substituents is 1. The lowest BCUT2D eigenvalue weighted by Crippen LogP contribution is -2.32. The second-order valence-electron chi connectivity index (χ2n) is 10.8. The zero-order chi connectivity index (χ0) is 22.5. The van der Waals surface area contributed by atoms with Crippen LogP contribution in [0.2, 0.25) is 0 Å². The highest BCUT2D eigenvalue weighted by molar-refractivity contribution is 5.90. The highest BCUT2D eigenvalue weighted by atomic mass is 16.6. The van der Waals surface area contributed by atoms with Gasteiger partial charge in [-0.05, 0) is 62.6 Å². The molecule has 3 fully saturated rings. The van der Waals surface area contributed by atoms with Crippen LogP contribution in [-0.2, 0) is 10.2 Å². The van der Waals surface area contributed by atoms with Crippen molar-refractivity contribution in [3.63, 3.8) is 0 Å². The van der Waals surface area contributed by atoms with Crippen molar-refractivity contribution in [2.45, 2.75) is 57.5 Å². The number of hydrogen-bond donors (Lipinski definition) is 0. The predicted octanol–water partition coefficient (Wildman–Crippen LogP) is 5.83. The number of benzene rings is 2. The summed E-state index contributed by atoms with van der Waals surface area (Å²) >= 11 is 0. The lowest BCUT2D eigenvalue weighted by Gasteiger charge is -2.31. The summed E-state index contributed by atoms with van der Waals surface area (Å²) in [4.78, 5) is 23.7. The molecule has 0 aromatic heterocycles. The fourth-order valence-electron chi connectivity index (χ4n) is 7.82. The highest BCUT2D eigenvalue weighted by Gasteiger charge is 2.96. The van der Waals surface area contributed by atoms with Gasteiger partial charge in [-0.15, -0.1) is 0 Å². The third-order valence-corrected chi connectivity index (χ3v) is 8.90. The molecule has 6 rings (SSSR count). The van der Waals surface area contributed by atoms with Crippen molar-refractivity contribution < 1.29 is 14.5 Å². The zero-order valence-corrected chi connectivity index (χ0v) is 18.7. The summed E-state index contributed by atoms with van der Waals surface area (Å²) in [6, 6.07) is 12.6. The van der Waals surface area contributed by atoms with Crippen molar-refractivity contribution in [2.24, 2.45) is 16.7 Å². The van der Waals surface area contributed by atoms with E-state index in [-0.39, 0.29) is 33.8 Å². The van der Waals surface area contributed by atoms with Crippen LogP contribution in [-0.4, -0.2) is 16.5 Å². The van der Waals surface area contributed by atoms with E-state index < -0.39 is 10.5 Å². The summed E-state index contributed by atoms with van der Waals surface area (Å²) in [7, 11) is 0. The molecule has 2 aromatic rings. The molecule has 5 nitrogen and oxygen atoms in total. The van der Waals surface area contributed by atoms with Crippen molar-refractivity contribution in [3.8, 4) is 0 Å². The zero-order valence-electron chi connectivity index (χ0n) is 18.7. The Morgan fingerprint density at radius 3 is 2.44 bits per heavy atom. The van der Waals surface area contributed by atoms with E-state index in [1.165, 1.54) is 41.0 Å². The highest BCUT2D eigenvalue weighted by Crippen LogP contribution is 2.94. The maximum Gasteiger partial charge on any atom is 0.338 e. The molecule has 0 bridgehead atoms. The number of fused-ring (bicyclic) bond motifs is 3. The van der Waals surface area contributed by atoms with Gasteiger partial charge in [-0.25, -0.2) is 4.79 Å². The van der Waals surface area contributed by atoms with Crippen LogP contribution in [0.5, 0.6) is 0 Å². The molecule has 164 valence electrons. The molecule has 0 aliphatic heterocycles. The van der Waals surface area contributed by atoms with E-state index >= 15 is 0 Å². The van der Waals surface area contributed by atoms with E-state index in [2.05, 4.69) is 51.1 Å². The minimum absolute atomic E-state index is 0.0155. The summed E-state index contributed by atoms with van der Waals surface area (Å²) in [5.74, 6) is -0.0849. The molecule has 4 aliphatic carbocycles. The number of nitro groups is 1. The Morgan fingerprint density at radius 1 is 1.09 bits per heavy atom. The van der Waals surface area contributed by atoms with Gasteiger partial charge in [0.05, 0.1) is 10.5 Å². The summed E-state index contributed by atoms with van der Waals surface area (Å²) in [6.45, 7) is 6.56. The molecule has 1 spiro atoms. The number of hydrogen-bond acceptors (Lipinski definition) is 4. The van der Waals surface area contributed by atoms with Gasteiger partial charge in [0, 0.05) is 28.9 Å². The van der Waals surface area contributed by atoms with Gasteiger partial charge >= 0.3 is 5.97 Å². The van der Waals surface area contributed by atoms with Crippen LogP contribution in [0, 0.1) is 40.7 Å². The van der Waals surface area contributed by atoms with Crippen molar-refractivity contribution in [2.75, 3.05) is 0 Å². The van der Waals surface area contributed by atoms with Crippen molar-refractivity contribution in [1.82, 2.24) is 0 Å². The molecule has 0 radical (unpaired) electrons. The minimum Gasteiger partial charge on any atom is -0.455 e. The van der Waals surface area contributed by atoms with E-state index in [0.717, 1.165) is 25.7 Å². The summed E-state index contributed by atoms with van der Waals surface area (Å²) in [5, 5.41) is 11.0. The Kier molecular flexibility index (Phi) is 3.63. The van der Waals surface area contributed by atoms with Gasteiger partial charge in [0.25, 0.3) is 5.69 Å². The maximum atomic E-state index is 13.2. The van der Waals surface area contributed by atoms with E-state index in [9.17, 15) is 14.9 Å². The van der Waals surface area contributed by atoms with E-state index in [1.807, 2.05) is 0 Å². The average molecular weight is 430 g/mol. The van der Waals surface area contributed by atoms with Crippen LogP contribution in [0.3, 0.4) is 0 Å². The lowest BCUT2D eigenvalue weighted by atomic mass is 9.73. The topological polar surface area (TPSA) is 69.4 Å². The molecule has 0 N–H and O–H groups in total. The molecule has 0 amide bonds. The molecule has 1 unspecified atom stereocenters. The second kappa shape index (κ2) is 5.89. The summed E-state index contributed by atoms with van der Waals surface area (Å²) in [6.07, 6.45) is 8.90. The first-order chi connectivity index (χ1) is 15.2. The standard InChI is InChI=1S/C27H27NO4/c1-17-12-18(2)14-20(13-17)26-11-5-4-10-25(26)15-24(3)16-27(24,23(25)26)32-22(29)19-6-8-21(9-7-19)28(30)31/h5-9,11-14,23H,4,10,15-16H2,1-3H3/t23-,24-,25?,26-,27+/m0/s1. The number of esters is 1. The van der Waals surface area contributed by atoms with Crippen LogP contribution < -0.4 is 0 Å². The number of aryl methyl sites for hydroxylation is 2. The largest absolute Gasteiger partial charge is 0.455 e. The summed E-state index contributed by atoms with van der Waals surface area (Å²) < 4.78 is 6.37. The fourth-order valence-corrected chi connectivity index (χ4v) is 7.82. The van der Waals surface area contributed by atoms with E-state index in [1.54, 1.807) is 0 Å². The van der Waals surface area contributed by atoms with Crippen LogP contribution in [0.4, 0.5) is 5.69 Å². The predicted molar refractivity (Wildman–Crippen MR) is 120 cm³/mol. The summed E-state index contributed by atoms with van der Waals surface area (Å²) in [5.41, 5.74) is 3.89. The third kappa shape index (κ3) is 2.21. The number of ether oxygens (including phenoxy) is 1. The van der Waals surface area contributed by atoms with E-state index in [0.29, 0.717) is 5.56 Å². The number of nitrogens with zero attached hydrogens (tertiary/aromatic N) is 1. The Balaban J connectivity index is 1.38. The molecule has 3 saturated carbocycles. The first-order valence-corrected chi connectivity index (χ1v) is 11.4. The number of allylic oxidation sites excluding steroid dienone is 2. The Labute approximate surface area is 187 Å². The Morgan fingerprint density at radius 2 is 1.78 bits per heavy atom. The van der Waals surface area contributed by atoms with Crippen LogP contribution >= 0.6 is 0 Å². The monoisotopic (exact) mass is 429 g/mol. The minimum atomic E-state index is -0.460. The Hall–Kier alpha value is -2.95. The molecule has 4 aliphatic rings. The van der Waals surface area contributed by atoms with E-state index in [4.69, 9.17) is 4.74 Å². The first-order valence-electron chi connectivity index (χ1n) is 11.4. The normalized spacial score (nSPS) is 37.8. The van der Waals surface area contributed by atoms with Crippen LogP contribution in [0.25, 0.3) is 0 Å². The van der Waals surface area contributed by atoms with Crippen LogP contribution in [0.15, 0.2) is 54.6 Å². The van der Waals surface area contributed by atoms with Crippen molar-refractivity contribution >= 4 is 11.7 Å². The van der Waals surface area contributed by atoms with Gasteiger partial charge in [0.15, 0.2) is 0 Å². The number of nitro benzene ring substituents is 1. The molecule has 0 heterocycles. The molecular formula is C27H27NO4. The number of carbonyl (C=O) groups excluding carboxylic acids is 1. The fraction of sp³-hybridized carbons (Fsp3) is 0.444. The maximum absolute atomic E-state index is 13.2. The Bertz CT molecular complexity index is 1200. The van der Waals surface area contributed by atoms with Gasteiger partial charge in [-0.2, -0.15) is 0 Å². The molecule has 2 aromatic carbocycles. The number of carbonyl (C=O) groups is 1. The molecule has 5 atom stereocenters. The molecule has 32 heavy (non-hydrogen) atoms. The molecule has 5 heteroatoms. The lowest BCUT2D eigenvalue weighted by molar-refractivity contribution is -0.384. The quantitative estimate of drug-likeness (QED) is 0.266. The molecular weight excluding hydrogens is 402 g/mol. The first kappa shape index (κ1) is 19.7. The second-order valence-corrected chi connectivity index (χ2v) is 10.8. The van der Waals surface area contributed by atoms with Gasteiger partial charge in [-0.3, -0.25) is 10.1 Å². The van der Waals surface area contributed by atoms with Gasteiger partial charge in [0.1, 0.15) is 5.60 Å². The van der Waals surface area contributed by atoms with Gasteiger partial charge < -0.3 is 4.74 Å². The van der Waals surface area contributed by atoms with Gasteiger partial charge in [-0.1, -0.05) is 48.4 Å². The van der Waals surface area contributed by atoms with Crippen LogP contribution in [0.1, 0.15) is 59.7 Å². The smallest absolute Gasteiger partial charge is 0.338 e. The van der Waals surface area contributed by atoms with Crippen molar-refractivity contribution in [1.29, 1.82) is 0 Å². The third-order valence-electron chi connectivity index (χ3n) is 8.90. The van der Waals surface area contributed by atoms with Gasteiger partial charge in [0.2, 0.25) is 0 Å². The van der Waals surface area contributed by atoms with Crippen molar-refractivity contribution in [3.05, 3.63) is 87.0 Å².